The molecular weight excluding hydrogens is 434 g/mol. The molecule has 0 aromatic heterocycles. The molecule has 2 aliphatic rings. The molecule has 0 radical (unpaired) electrons. The maximum atomic E-state index is 14.1. The molecule has 1 unspecified atom stereocenters. The number of ketones is 1. The highest BCUT2D eigenvalue weighted by Crippen LogP contribution is 2.53. The van der Waals surface area contributed by atoms with Crippen molar-refractivity contribution in [3.8, 4) is 5.75 Å². The number of likely N-dealkylation sites (N-methyl/N-ethyl adjacent to an activating group) is 1. The number of methoxy groups -OCH3 is 1. The summed E-state index contributed by atoms with van der Waals surface area (Å²) in [4.78, 5) is 45.8. The number of Topliss-reactive ketones (excluding diaryl/α,β-unsaturated/α-hetero) is 1. The summed E-state index contributed by atoms with van der Waals surface area (Å²) in [5.74, 6) is -1.85. The van der Waals surface area contributed by atoms with Crippen molar-refractivity contribution in [1.82, 2.24) is 9.80 Å². The van der Waals surface area contributed by atoms with Crippen LogP contribution in [0.25, 0.3) is 5.76 Å². The maximum Gasteiger partial charge on any atom is 0.296 e. The van der Waals surface area contributed by atoms with E-state index in [-0.39, 0.29) is 17.9 Å². The summed E-state index contributed by atoms with van der Waals surface area (Å²) in [5.41, 5.74) is -0.416. The molecule has 1 fully saturated rings. The Morgan fingerprint density at radius 1 is 1.06 bits per heavy atom. The molecule has 1 spiro atoms. The van der Waals surface area contributed by atoms with Crippen molar-refractivity contribution in [2.75, 3.05) is 45.7 Å². The Labute approximate surface area is 199 Å². The Morgan fingerprint density at radius 2 is 1.74 bits per heavy atom. The molecule has 0 aliphatic carbocycles. The van der Waals surface area contributed by atoms with Gasteiger partial charge in [-0.25, -0.2) is 0 Å². The van der Waals surface area contributed by atoms with Gasteiger partial charge in [-0.3, -0.25) is 14.4 Å². The maximum absolute atomic E-state index is 14.1. The molecule has 2 aromatic rings. The number of benzene rings is 2. The molecule has 0 bridgehead atoms. The third kappa shape index (κ3) is 3.37. The number of hydrogen-bond donors (Lipinski definition) is 1. The third-order valence-electron chi connectivity index (χ3n) is 6.48. The number of para-hydroxylation sites is 1. The summed E-state index contributed by atoms with van der Waals surface area (Å²) >= 11 is 0. The number of hydrogen-bond acceptors (Lipinski definition) is 6. The van der Waals surface area contributed by atoms with Gasteiger partial charge in [0.25, 0.3) is 17.6 Å². The number of carbonyl (C=O) groups excluding carboxylic acids is 3. The molecule has 1 N–H and O–H groups in total. The first-order valence-corrected chi connectivity index (χ1v) is 11.3. The topological polar surface area (TPSA) is 90.4 Å². The number of aliphatic hydroxyl groups is 1. The van der Waals surface area contributed by atoms with E-state index in [9.17, 15) is 19.5 Å². The minimum absolute atomic E-state index is 0.194. The fraction of sp³-hybridized carbons (Fsp3) is 0.346. The van der Waals surface area contributed by atoms with Crippen LogP contribution in [0.5, 0.6) is 5.75 Å². The molecule has 1 saturated heterocycles. The zero-order valence-electron chi connectivity index (χ0n) is 19.9. The highest BCUT2D eigenvalue weighted by Gasteiger charge is 2.66. The lowest BCUT2D eigenvalue weighted by Crippen LogP contribution is -2.52. The molecule has 178 valence electrons. The van der Waals surface area contributed by atoms with Crippen molar-refractivity contribution in [2.24, 2.45) is 0 Å². The Kier molecular flexibility index (Phi) is 6.18. The van der Waals surface area contributed by atoms with Crippen molar-refractivity contribution in [2.45, 2.75) is 18.9 Å². The fourth-order valence-corrected chi connectivity index (χ4v) is 4.92. The van der Waals surface area contributed by atoms with Gasteiger partial charge in [-0.15, -0.1) is 0 Å². The number of nitrogens with zero attached hydrogens (tertiary/aromatic N) is 3. The molecule has 1 atom stereocenters. The Balaban J connectivity index is 1.98. The molecule has 2 aromatic carbocycles. The second kappa shape index (κ2) is 8.95. The van der Waals surface area contributed by atoms with Crippen LogP contribution in [0.4, 0.5) is 5.69 Å². The van der Waals surface area contributed by atoms with Gasteiger partial charge < -0.3 is 24.5 Å². The first kappa shape index (κ1) is 23.5. The number of likely N-dealkylation sites (tertiary alicyclic amines) is 1. The van der Waals surface area contributed by atoms with Crippen molar-refractivity contribution in [3.63, 3.8) is 0 Å². The van der Waals surface area contributed by atoms with E-state index in [0.29, 0.717) is 42.1 Å². The van der Waals surface area contributed by atoms with Gasteiger partial charge in [0.2, 0.25) is 0 Å². The highest BCUT2D eigenvalue weighted by molar-refractivity contribution is 6.50. The third-order valence-corrected chi connectivity index (χ3v) is 6.48. The second-order valence-corrected chi connectivity index (χ2v) is 8.67. The smallest absolute Gasteiger partial charge is 0.296 e. The van der Waals surface area contributed by atoms with Crippen LogP contribution in [0.15, 0.2) is 54.1 Å². The fourth-order valence-electron chi connectivity index (χ4n) is 4.92. The summed E-state index contributed by atoms with van der Waals surface area (Å²) < 4.78 is 5.19. The van der Waals surface area contributed by atoms with Gasteiger partial charge in [-0.05, 0) is 64.3 Å². The molecule has 8 nitrogen and oxygen atoms in total. The van der Waals surface area contributed by atoms with E-state index in [1.165, 1.54) is 12.0 Å². The van der Waals surface area contributed by atoms with Gasteiger partial charge in [0, 0.05) is 24.2 Å². The monoisotopic (exact) mass is 463 g/mol. The van der Waals surface area contributed by atoms with E-state index in [1.54, 1.807) is 47.4 Å². The Morgan fingerprint density at radius 3 is 2.35 bits per heavy atom. The van der Waals surface area contributed by atoms with E-state index in [4.69, 9.17) is 4.74 Å². The van der Waals surface area contributed by atoms with Crippen LogP contribution in [0, 0.1) is 0 Å². The highest BCUT2D eigenvalue weighted by atomic mass is 16.5. The van der Waals surface area contributed by atoms with Gasteiger partial charge in [0.05, 0.1) is 18.4 Å². The van der Waals surface area contributed by atoms with Crippen LogP contribution in [0.3, 0.4) is 0 Å². The molecule has 4 rings (SSSR count). The number of fused-ring (bicyclic) bond motifs is 2. The average Bonchev–Trinajstić information content (AvgIpc) is 3.21. The molecule has 2 heterocycles. The molecule has 8 heteroatoms. The van der Waals surface area contributed by atoms with Crippen LogP contribution in [0.2, 0.25) is 0 Å². The normalized spacial score (nSPS) is 21.1. The molecular formula is C26H29N3O5. The van der Waals surface area contributed by atoms with Crippen molar-refractivity contribution in [1.29, 1.82) is 0 Å². The zero-order valence-corrected chi connectivity index (χ0v) is 19.9. The number of rotatable bonds is 7. The molecule has 2 aliphatic heterocycles. The van der Waals surface area contributed by atoms with Gasteiger partial charge >= 0.3 is 0 Å². The van der Waals surface area contributed by atoms with Gasteiger partial charge in [0.1, 0.15) is 11.5 Å². The minimum atomic E-state index is -1.71. The lowest BCUT2D eigenvalue weighted by Gasteiger charge is -2.34. The van der Waals surface area contributed by atoms with Crippen LogP contribution in [-0.2, 0) is 19.9 Å². The quantitative estimate of drug-likeness (QED) is 0.386. The lowest BCUT2D eigenvalue weighted by atomic mass is 9.82. The van der Waals surface area contributed by atoms with Crippen LogP contribution >= 0.6 is 0 Å². The van der Waals surface area contributed by atoms with E-state index >= 15 is 0 Å². The van der Waals surface area contributed by atoms with Crippen LogP contribution in [0.1, 0.15) is 24.5 Å². The van der Waals surface area contributed by atoms with Crippen molar-refractivity contribution >= 4 is 29.0 Å². The standard InChI is InChI=1S/C26H29N3O5/c1-5-28-20-10-7-6-9-19(20)26(25(28)33)21(22(30)17-11-13-18(34-4)14-12-17)23(31)24(32)29(26)16-8-15-27(2)3/h6-7,9-14,30H,5,8,15-16H2,1-4H3/b22-21-. The van der Waals surface area contributed by atoms with Crippen LogP contribution in [-0.4, -0.2) is 73.3 Å². The molecule has 2 amide bonds. The van der Waals surface area contributed by atoms with E-state index in [0.717, 1.165) is 0 Å². The molecule has 34 heavy (non-hydrogen) atoms. The number of carbonyl (C=O) groups is 3. The lowest BCUT2D eigenvalue weighted by molar-refractivity contribution is -0.143. The summed E-state index contributed by atoms with van der Waals surface area (Å²) in [6.45, 7) is 3.07. The number of amides is 2. The summed E-state index contributed by atoms with van der Waals surface area (Å²) in [6, 6.07) is 13.7. The zero-order chi connectivity index (χ0) is 24.6. The van der Waals surface area contributed by atoms with Crippen molar-refractivity contribution < 1.29 is 24.2 Å². The first-order chi connectivity index (χ1) is 16.3. The first-order valence-electron chi connectivity index (χ1n) is 11.3. The van der Waals surface area contributed by atoms with E-state index in [2.05, 4.69) is 0 Å². The van der Waals surface area contributed by atoms with Gasteiger partial charge in [-0.1, -0.05) is 18.2 Å². The van der Waals surface area contributed by atoms with Crippen molar-refractivity contribution in [3.05, 3.63) is 65.2 Å². The predicted molar refractivity (Wildman–Crippen MR) is 129 cm³/mol. The van der Waals surface area contributed by atoms with E-state index < -0.39 is 23.1 Å². The number of ether oxygens (including phenoxy) is 1. The number of aliphatic hydroxyl groups excluding tert-OH is 1. The Hall–Kier alpha value is -3.65. The number of anilines is 1. The molecule has 0 saturated carbocycles. The Bertz CT molecular complexity index is 1170. The van der Waals surface area contributed by atoms with E-state index in [1.807, 2.05) is 32.0 Å². The largest absolute Gasteiger partial charge is 0.507 e. The minimum Gasteiger partial charge on any atom is -0.507 e. The SMILES string of the molecule is CCN1C(=O)C2(/C(=C(\O)c3ccc(OC)cc3)C(=O)C(=O)N2CCCN(C)C)c2ccccc21. The van der Waals surface area contributed by atoms with Gasteiger partial charge in [-0.2, -0.15) is 0 Å². The summed E-state index contributed by atoms with van der Waals surface area (Å²) in [5, 5.41) is 11.4. The summed E-state index contributed by atoms with van der Waals surface area (Å²) in [7, 11) is 5.37. The summed E-state index contributed by atoms with van der Waals surface area (Å²) in [6.07, 6.45) is 0.561. The second-order valence-electron chi connectivity index (χ2n) is 8.67. The predicted octanol–water partition coefficient (Wildman–Crippen LogP) is 2.59. The van der Waals surface area contributed by atoms with Crippen LogP contribution < -0.4 is 9.64 Å². The average molecular weight is 464 g/mol. The van der Waals surface area contributed by atoms with Gasteiger partial charge in [0.15, 0.2) is 5.54 Å².